The molecule has 0 bridgehead atoms. The number of carbonyl (C=O) groups is 2. The highest BCUT2D eigenvalue weighted by atomic mass is 35.5. The van der Waals surface area contributed by atoms with Gasteiger partial charge in [0, 0.05) is 40.4 Å². The molecule has 0 aliphatic carbocycles. The number of amides is 2. The maximum atomic E-state index is 13.8. The summed E-state index contributed by atoms with van der Waals surface area (Å²) in [6.07, 6.45) is 0.729. The van der Waals surface area contributed by atoms with Crippen LogP contribution in [0.15, 0.2) is 72.8 Å². The second-order valence-electron chi connectivity index (χ2n) is 7.86. The van der Waals surface area contributed by atoms with Crippen LogP contribution in [-0.4, -0.2) is 34.7 Å². The smallest absolute Gasteiger partial charge is 0.256 e. The van der Waals surface area contributed by atoms with Crippen molar-refractivity contribution >= 4 is 23.4 Å². The molecule has 1 unspecified atom stereocenters. The lowest BCUT2D eigenvalue weighted by Crippen LogP contribution is -2.62. The standard InChI is InChI=1S/C25H21ClN2O2/c1-17-7-9-18(10-8-17)23(29)27-15-4-16-28-24(30)21-5-2-3-6-22(21)25(27,28)19-11-13-20(26)14-12-19/h2-3,5-14H,4,15-16H2,1H3. The molecule has 2 heterocycles. The predicted octanol–water partition coefficient (Wildman–Crippen LogP) is 4.85. The third-order valence-corrected chi connectivity index (χ3v) is 6.37. The molecule has 1 fully saturated rings. The fourth-order valence-electron chi connectivity index (χ4n) is 4.76. The normalized spacial score (nSPS) is 20.1. The molecular formula is C25H21ClN2O2. The van der Waals surface area contributed by atoms with Gasteiger partial charge in [0.25, 0.3) is 11.8 Å². The van der Waals surface area contributed by atoms with Crippen LogP contribution in [0.2, 0.25) is 5.02 Å². The molecule has 4 nitrogen and oxygen atoms in total. The Morgan fingerprint density at radius 1 is 0.933 bits per heavy atom. The van der Waals surface area contributed by atoms with Crippen LogP contribution in [0.5, 0.6) is 0 Å². The van der Waals surface area contributed by atoms with Gasteiger partial charge in [-0.05, 0) is 43.7 Å². The quantitative estimate of drug-likeness (QED) is 0.599. The molecule has 2 aliphatic heterocycles. The summed E-state index contributed by atoms with van der Waals surface area (Å²) in [5, 5.41) is 0.617. The molecule has 0 saturated carbocycles. The number of nitrogens with zero attached hydrogens (tertiary/aromatic N) is 2. The second kappa shape index (κ2) is 6.99. The van der Waals surface area contributed by atoms with Gasteiger partial charge in [0.05, 0.1) is 0 Å². The maximum Gasteiger partial charge on any atom is 0.256 e. The summed E-state index contributed by atoms with van der Waals surface area (Å²) < 4.78 is 0. The first-order valence-electron chi connectivity index (χ1n) is 10.1. The van der Waals surface area contributed by atoms with Gasteiger partial charge in [0.1, 0.15) is 0 Å². The fraction of sp³-hybridized carbons (Fsp3) is 0.200. The van der Waals surface area contributed by atoms with Crippen LogP contribution in [0.3, 0.4) is 0 Å². The first-order valence-corrected chi connectivity index (χ1v) is 10.5. The van der Waals surface area contributed by atoms with Gasteiger partial charge in [-0.3, -0.25) is 9.59 Å². The van der Waals surface area contributed by atoms with Crippen molar-refractivity contribution in [3.05, 3.63) is 106 Å². The minimum atomic E-state index is -0.974. The van der Waals surface area contributed by atoms with E-state index in [-0.39, 0.29) is 11.8 Å². The monoisotopic (exact) mass is 416 g/mol. The van der Waals surface area contributed by atoms with Gasteiger partial charge >= 0.3 is 0 Å². The maximum absolute atomic E-state index is 13.8. The number of aryl methyl sites for hydroxylation is 1. The molecule has 2 amide bonds. The summed E-state index contributed by atoms with van der Waals surface area (Å²) in [7, 11) is 0. The Morgan fingerprint density at radius 2 is 1.63 bits per heavy atom. The molecule has 0 aromatic heterocycles. The average Bonchev–Trinajstić information content (AvgIpc) is 3.04. The molecule has 3 aromatic rings. The molecule has 1 saturated heterocycles. The van der Waals surface area contributed by atoms with Crippen molar-refractivity contribution in [1.82, 2.24) is 9.80 Å². The third kappa shape index (κ3) is 2.60. The first-order chi connectivity index (χ1) is 14.5. The predicted molar refractivity (Wildman–Crippen MR) is 117 cm³/mol. The van der Waals surface area contributed by atoms with Crippen LogP contribution in [0.4, 0.5) is 0 Å². The number of benzene rings is 3. The number of rotatable bonds is 2. The van der Waals surface area contributed by atoms with Gasteiger partial charge < -0.3 is 9.80 Å². The largest absolute Gasteiger partial charge is 0.307 e. The fourth-order valence-corrected chi connectivity index (χ4v) is 4.89. The number of halogens is 1. The molecule has 0 radical (unpaired) electrons. The summed E-state index contributed by atoms with van der Waals surface area (Å²) in [5.41, 5.74) is 3.10. The van der Waals surface area contributed by atoms with E-state index in [2.05, 4.69) is 0 Å². The summed E-state index contributed by atoms with van der Waals surface area (Å²) in [6.45, 7) is 3.15. The van der Waals surface area contributed by atoms with Crippen LogP contribution < -0.4 is 0 Å². The van der Waals surface area contributed by atoms with Gasteiger partial charge in [0.15, 0.2) is 5.66 Å². The number of hydrogen-bond acceptors (Lipinski definition) is 2. The zero-order valence-corrected chi connectivity index (χ0v) is 17.4. The van der Waals surface area contributed by atoms with E-state index < -0.39 is 5.66 Å². The van der Waals surface area contributed by atoms with Crippen LogP contribution in [0.1, 0.15) is 43.8 Å². The van der Waals surface area contributed by atoms with Crippen molar-refractivity contribution in [3.63, 3.8) is 0 Å². The molecule has 0 N–H and O–H groups in total. The molecular weight excluding hydrogens is 396 g/mol. The summed E-state index contributed by atoms with van der Waals surface area (Å²) in [4.78, 5) is 30.9. The van der Waals surface area contributed by atoms with Crippen molar-refractivity contribution in [2.24, 2.45) is 0 Å². The van der Waals surface area contributed by atoms with Crippen LogP contribution in [-0.2, 0) is 5.66 Å². The summed E-state index contributed by atoms with van der Waals surface area (Å²) in [5.74, 6) is -0.124. The molecule has 2 aliphatic rings. The van der Waals surface area contributed by atoms with E-state index in [1.807, 2.05) is 89.5 Å². The van der Waals surface area contributed by atoms with Crippen molar-refractivity contribution in [1.29, 1.82) is 0 Å². The van der Waals surface area contributed by atoms with E-state index in [1.165, 1.54) is 0 Å². The van der Waals surface area contributed by atoms with E-state index in [0.717, 1.165) is 23.1 Å². The highest BCUT2D eigenvalue weighted by Gasteiger charge is 2.57. The van der Waals surface area contributed by atoms with Crippen molar-refractivity contribution < 1.29 is 9.59 Å². The lowest BCUT2D eigenvalue weighted by Gasteiger charge is -2.51. The molecule has 0 spiro atoms. The molecule has 1 atom stereocenters. The lowest BCUT2D eigenvalue weighted by molar-refractivity contribution is -0.0248. The van der Waals surface area contributed by atoms with Gasteiger partial charge in [-0.25, -0.2) is 0 Å². The Morgan fingerprint density at radius 3 is 2.37 bits per heavy atom. The topological polar surface area (TPSA) is 40.6 Å². The average molecular weight is 417 g/mol. The van der Waals surface area contributed by atoms with Crippen LogP contribution >= 0.6 is 11.6 Å². The zero-order chi connectivity index (χ0) is 20.9. The molecule has 5 rings (SSSR count). The Labute approximate surface area is 180 Å². The first kappa shape index (κ1) is 18.9. The molecule has 3 aromatic carbocycles. The third-order valence-electron chi connectivity index (χ3n) is 6.11. The number of fused-ring (bicyclic) bond motifs is 3. The lowest BCUT2D eigenvalue weighted by atomic mass is 9.86. The van der Waals surface area contributed by atoms with Crippen molar-refractivity contribution in [2.75, 3.05) is 13.1 Å². The Bertz CT molecular complexity index is 1140. The zero-order valence-electron chi connectivity index (χ0n) is 16.6. The second-order valence-corrected chi connectivity index (χ2v) is 8.29. The van der Waals surface area contributed by atoms with Gasteiger partial charge in [0.2, 0.25) is 0 Å². The van der Waals surface area contributed by atoms with Gasteiger partial charge in [-0.15, -0.1) is 0 Å². The molecule has 5 heteroatoms. The molecule has 150 valence electrons. The minimum Gasteiger partial charge on any atom is -0.307 e. The Hall–Kier alpha value is -3.11. The summed E-state index contributed by atoms with van der Waals surface area (Å²) >= 11 is 6.17. The minimum absolute atomic E-state index is 0.0399. The number of hydrogen-bond donors (Lipinski definition) is 0. The van der Waals surface area contributed by atoms with Crippen LogP contribution in [0.25, 0.3) is 0 Å². The van der Waals surface area contributed by atoms with E-state index in [4.69, 9.17) is 11.6 Å². The van der Waals surface area contributed by atoms with Crippen molar-refractivity contribution in [3.8, 4) is 0 Å². The van der Waals surface area contributed by atoms with Gasteiger partial charge in [-0.1, -0.05) is 59.6 Å². The number of carbonyl (C=O) groups excluding carboxylic acids is 2. The van der Waals surface area contributed by atoms with Crippen molar-refractivity contribution in [2.45, 2.75) is 19.0 Å². The van der Waals surface area contributed by atoms with Gasteiger partial charge in [-0.2, -0.15) is 0 Å². The Kier molecular flexibility index (Phi) is 4.40. The summed E-state index contributed by atoms with van der Waals surface area (Å²) in [6, 6.07) is 22.7. The highest BCUT2D eigenvalue weighted by molar-refractivity contribution is 6.30. The van der Waals surface area contributed by atoms with E-state index >= 15 is 0 Å². The highest BCUT2D eigenvalue weighted by Crippen LogP contribution is 2.49. The van der Waals surface area contributed by atoms with E-state index in [9.17, 15) is 9.59 Å². The Balaban J connectivity index is 1.76. The van der Waals surface area contributed by atoms with E-state index in [1.54, 1.807) is 0 Å². The van der Waals surface area contributed by atoms with E-state index in [0.29, 0.717) is 29.2 Å². The molecule has 30 heavy (non-hydrogen) atoms. The van der Waals surface area contributed by atoms with Crippen LogP contribution in [0, 0.1) is 6.92 Å². The SMILES string of the molecule is Cc1ccc(C(=O)N2CCCN3C(=O)c4ccccc4C23c2ccc(Cl)cc2)cc1.